The minimum absolute atomic E-state index is 0.258. The van der Waals surface area contributed by atoms with E-state index < -0.39 is 0 Å². The molecule has 0 aliphatic rings. The summed E-state index contributed by atoms with van der Waals surface area (Å²) in [6.45, 7) is 0. The first kappa shape index (κ1) is 11.2. The molecular formula is C10H8BrNOS. The third kappa shape index (κ3) is 3.50. The van der Waals surface area contributed by atoms with Gasteiger partial charge in [0.1, 0.15) is 0 Å². The normalized spacial score (nSPS) is 9.21. The molecule has 0 bridgehead atoms. The van der Waals surface area contributed by atoms with E-state index in [1.54, 1.807) is 0 Å². The maximum Gasteiger partial charge on any atom is 0.258 e. The number of hydrogen-bond donors (Lipinski definition) is 0. The Kier molecular flexibility index (Phi) is 4.66. The molecule has 0 aliphatic heterocycles. The highest BCUT2D eigenvalue weighted by atomic mass is 79.9. The average molecular weight is 270 g/mol. The molecule has 1 aromatic rings. The Bertz CT molecular complexity index is 368. The van der Waals surface area contributed by atoms with Crippen molar-refractivity contribution in [1.82, 2.24) is 0 Å². The van der Waals surface area contributed by atoms with Gasteiger partial charge in [-0.2, -0.15) is 4.99 Å². The number of rotatable bonds is 3. The molecule has 1 amide bonds. The van der Waals surface area contributed by atoms with Crippen LogP contribution in [0.15, 0.2) is 29.3 Å². The van der Waals surface area contributed by atoms with Crippen LogP contribution in [-0.2, 0) is 16.5 Å². The summed E-state index contributed by atoms with van der Waals surface area (Å²) >= 11 is 7.69. The van der Waals surface area contributed by atoms with Gasteiger partial charge in [-0.1, -0.05) is 40.2 Å². The molecule has 0 aliphatic carbocycles. The van der Waals surface area contributed by atoms with E-state index in [-0.39, 0.29) is 12.3 Å². The van der Waals surface area contributed by atoms with Gasteiger partial charge in [-0.15, -0.1) is 0 Å². The van der Waals surface area contributed by atoms with Gasteiger partial charge in [0.05, 0.1) is 11.6 Å². The van der Waals surface area contributed by atoms with Crippen LogP contribution in [0, 0.1) is 0 Å². The number of alkyl halides is 1. The Morgan fingerprint density at radius 1 is 1.36 bits per heavy atom. The van der Waals surface area contributed by atoms with E-state index in [2.05, 4.69) is 38.3 Å². The monoisotopic (exact) mass is 269 g/mol. The Balaban J connectivity index is 2.68. The molecule has 0 radical (unpaired) electrons. The topological polar surface area (TPSA) is 29.4 Å². The molecule has 0 saturated carbocycles. The van der Waals surface area contributed by atoms with E-state index in [4.69, 9.17) is 0 Å². The lowest BCUT2D eigenvalue weighted by atomic mass is 10.1. The van der Waals surface area contributed by atoms with Crippen molar-refractivity contribution in [2.45, 2.75) is 11.8 Å². The number of aliphatic imine (C=N–C) groups is 1. The third-order valence-electron chi connectivity index (χ3n) is 1.70. The summed E-state index contributed by atoms with van der Waals surface area (Å²) in [6, 6.07) is 7.76. The Hall–Kier alpha value is -0.830. The van der Waals surface area contributed by atoms with Gasteiger partial charge >= 0.3 is 0 Å². The van der Waals surface area contributed by atoms with E-state index in [9.17, 15) is 4.79 Å². The molecule has 0 N–H and O–H groups in total. The lowest BCUT2D eigenvalue weighted by Crippen LogP contribution is -1.98. The van der Waals surface area contributed by atoms with Crippen molar-refractivity contribution in [2.75, 3.05) is 0 Å². The number of benzene rings is 1. The molecule has 14 heavy (non-hydrogen) atoms. The van der Waals surface area contributed by atoms with Crippen molar-refractivity contribution in [1.29, 1.82) is 0 Å². The zero-order valence-electron chi connectivity index (χ0n) is 7.37. The van der Waals surface area contributed by atoms with Crippen molar-refractivity contribution in [2.24, 2.45) is 4.99 Å². The number of carbonyl (C=O) groups excluding carboxylic acids is 1. The van der Waals surface area contributed by atoms with Gasteiger partial charge in [0.2, 0.25) is 0 Å². The van der Waals surface area contributed by atoms with E-state index in [0.29, 0.717) is 0 Å². The van der Waals surface area contributed by atoms with Crippen LogP contribution in [0.5, 0.6) is 0 Å². The second kappa shape index (κ2) is 5.81. The summed E-state index contributed by atoms with van der Waals surface area (Å²) < 4.78 is 0. The molecule has 4 heteroatoms. The number of carbonyl (C=O) groups is 1. The van der Waals surface area contributed by atoms with E-state index in [0.717, 1.165) is 10.9 Å². The standard InChI is InChI=1S/C10H8BrNOS/c11-6-9-3-1-8(2-4-9)5-10(13)12-7-14/h1-4H,5-6H2. The zero-order valence-corrected chi connectivity index (χ0v) is 9.77. The maximum atomic E-state index is 11.1. The number of amides is 1. The highest BCUT2D eigenvalue weighted by Gasteiger charge is 2.00. The number of halogens is 1. The van der Waals surface area contributed by atoms with Crippen molar-refractivity contribution in [3.63, 3.8) is 0 Å². The SMILES string of the molecule is O=C(Cc1ccc(CBr)cc1)N=C=S. The average Bonchev–Trinajstić information content (AvgIpc) is 2.19. The van der Waals surface area contributed by atoms with Gasteiger partial charge in [0.25, 0.3) is 5.91 Å². The molecule has 0 saturated heterocycles. The molecule has 0 aromatic heterocycles. The lowest BCUT2D eigenvalue weighted by Gasteiger charge is -1.98. The van der Waals surface area contributed by atoms with Crippen LogP contribution in [0.25, 0.3) is 0 Å². The van der Waals surface area contributed by atoms with Gasteiger partial charge in [0, 0.05) is 5.33 Å². The smallest absolute Gasteiger partial charge is 0.258 e. The van der Waals surface area contributed by atoms with Crippen LogP contribution in [0.2, 0.25) is 0 Å². The minimum Gasteiger partial charge on any atom is -0.271 e. The van der Waals surface area contributed by atoms with Gasteiger partial charge in [0.15, 0.2) is 0 Å². The van der Waals surface area contributed by atoms with Gasteiger partial charge < -0.3 is 0 Å². The van der Waals surface area contributed by atoms with Crippen LogP contribution in [0.3, 0.4) is 0 Å². The molecule has 0 unspecified atom stereocenters. The molecule has 2 nitrogen and oxygen atoms in total. The van der Waals surface area contributed by atoms with E-state index in [1.807, 2.05) is 24.3 Å². The van der Waals surface area contributed by atoms with Gasteiger partial charge in [-0.05, 0) is 23.3 Å². The zero-order chi connectivity index (χ0) is 10.4. The van der Waals surface area contributed by atoms with Crippen LogP contribution in [0.1, 0.15) is 11.1 Å². The predicted molar refractivity (Wildman–Crippen MR) is 62.8 cm³/mol. The molecule has 72 valence electrons. The van der Waals surface area contributed by atoms with Crippen molar-refractivity contribution >= 4 is 39.2 Å². The molecule has 0 heterocycles. The Morgan fingerprint density at radius 3 is 2.43 bits per heavy atom. The second-order valence-electron chi connectivity index (χ2n) is 2.72. The first-order valence-corrected chi connectivity index (χ1v) is 5.53. The van der Waals surface area contributed by atoms with Crippen LogP contribution in [0.4, 0.5) is 0 Å². The lowest BCUT2D eigenvalue weighted by molar-refractivity contribution is -0.117. The summed E-state index contributed by atoms with van der Waals surface area (Å²) in [4.78, 5) is 14.4. The first-order valence-electron chi connectivity index (χ1n) is 4.00. The molecule has 0 spiro atoms. The molecule has 1 rings (SSSR count). The van der Waals surface area contributed by atoms with E-state index in [1.165, 1.54) is 5.56 Å². The summed E-state index contributed by atoms with van der Waals surface area (Å²) in [6.07, 6.45) is 0.284. The number of hydrogen-bond acceptors (Lipinski definition) is 2. The van der Waals surface area contributed by atoms with Crippen LogP contribution >= 0.6 is 28.1 Å². The summed E-state index contributed by atoms with van der Waals surface area (Å²) in [5, 5.41) is 2.88. The first-order chi connectivity index (χ1) is 6.76. The highest BCUT2D eigenvalue weighted by molar-refractivity contribution is 9.08. The summed E-state index contributed by atoms with van der Waals surface area (Å²) in [5.74, 6) is -0.258. The van der Waals surface area contributed by atoms with Gasteiger partial charge in [-0.25, -0.2) is 0 Å². The Labute approximate surface area is 96.2 Å². The Morgan fingerprint density at radius 2 is 1.93 bits per heavy atom. The quantitative estimate of drug-likeness (QED) is 0.480. The maximum absolute atomic E-state index is 11.1. The molecule has 1 aromatic carbocycles. The number of thiocarbonyl (C=S) groups is 1. The van der Waals surface area contributed by atoms with Crippen molar-refractivity contribution < 1.29 is 4.79 Å². The third-order valence-corrected chi connectivity index (χ3v) is 2.44. The molecule has 0 fully saturated rings. The largest absolute Gasteiger partial charge is 0.271 e. The highest BCUT2D eigenvalue weighted by Crippen LogP contribution is 2.08. The predicted octanol–water partition coefficient (Wildman–Crippen LogP) is 2.75. The van der Waals surface area contributed by atoms with Crippen LogP contribution in [-0.4, -0.2) is 11.1 Å². The second-order valence-corrected chi connectivity index (χ2v) is 3.47. The summed E-state index contributed by atoms with van der Waals surface area (Å²) in [7, 11) is 0. The minimum atomic E-state index is -0.258. The number of isothiocyanates is 1. The molecule has 0 atom stereocenters. The fourth-order valence-corrected chi connectivity index (χ4v) is 1.49. The molecular weight excluding hydrogens is 262 g/mol. The van der Waals surface area contributed by atoms with E-state index >= 15 is 0 Å². The number of nitrogens with zero attached hydrogens (tertiary/aromatic N) is 1. The van der Waals surface area contributed by atoms with Crippen LogP contribution < -0.4 is 0 Å². The van der Waals surface area contributed by atoms with Crippen molar-refractivity contribution in [3.05, 3.63) is 35.4 Å². The van der Waals surface area contributed by atoms with Crippen molar-refractivity contribution in [3.8, 4) is 0 Å². The fraction of sp³-hybridized carbons (Fsp3) is 0.200. The summed E-state index contributed by atoms with van der Waals surface area (Å²) in [5.41, 5.74) is 2.12. The fourth-order valence-electron chi connectivity index (χ4n) is 1.01. The van der Waals surface area contributed by atoms with Gasteiger partial charge in [-0.3, -0.25) is 4.79 Å².